The summed E-state index contributed by atoms with van der Waals surface area (Å²) >= 11 is 3.64. The summed E-state index contributed by atoms with van der Waals surface area (Å²) in [6, 6.07) is 35.3. The first-order valence-corrected chi connectivity index (χ1v) is 18.2. The zero-order valence-corrected chi connectivity index (χ0v) is 28.9. The van der Waals surface area contributed by atoms with Crippen LogP contribution in [-0.2, 0) is 13.2 Å². The molecule has 4 aromatic carbocycles. The number of rotatable bonds is 12. The van der Waals surface area contributed by atoms with E-state index in [0.717, 1.165) is 46.6 Å². The molecule has 0 aliphatic heterocycles. The van der Waals surface area contributed by atoms with E-state index in [4.69, 9.17) is 9.47 Å². The van der Waals surface area contributed by atoms with Crippen molar-refractivity contribution in [2.75, 3.05) is 0 Å². The maximum Gasteiger partial charge on any atom is 0.176 e. The van der Waals surface area contributed by atoms with Crippen LogP contribution in [0.5, 0.6) is 11.5 Å². The first kappa shape index (κ1) is 34.6. The van der Waals surface area contributed by atoms with Crippen LogP contribution in [0, 0.1) is 11.8 Å². The van der Waals surface area contributed by atoms with Crippen molar-refractivity contribution in [2.45, 2.75) is 88.7 Å². The maximum atomic E-state index is 12.6. The molecule has 1 unspecified atom stereocenters. The van der Waals surface area contributed by atoms with Crippen molar-refractivity contribution in [1.82, 2.24) is 0 Å². The van der Waals surface area contributed by atoms with Gasteiger partial charge in [0.05, 0.1) is 4.83 Å². The molecule has 2 fully saturated rings. The Kier molecular flexibility index (Phi) is 13.7. The van der Waals surface area contributed by atoms with Crippen LogP contribution < -0.4 is 9.47 Å². The van der Waals surface area contributed by atoms with Gasteiger partial charge in [0.2, 0.25) is 0 Å². The lowest BCUT2D eigenvalue weighted by Crippen LogP contribution is -2.26. The number of carbonyl (C=O) groups is 2. The number of Topliss-reactive ketones (excluding diaryl/α,β-unsaturated/α-hetero) is 2. The molecule has 2 aliphatic rings. The fraction of sp³-hybridized carbons (Fsp3) is 0.381. The molecule has 0 amide bonds. The first-order valence-electron chi connectivity index (χ1n) is 17.3. The highest BCUT2D eigenvalue weighted by atomic mass is 79.9. The molecule has 4 nitrogen and oxygen atoms in total. The van der Waals surface area contributed by atoms with E-state index in [1.165, 1.54) is 51.4 Å². The van der Waals surface area contributed by atoms with E-state index >= 15 is 0 Å². The summed E-state index contributed by atoms with van der Waals surface area (Å²) in [5, 5.41) is 0. The van der Waals surface area contributed by atoms with Crippen LogP contribution in [0.15, 0.2) is 109 Å². The van der Waals surface area contributed by atoms with Gasteiger partial charge in [-0.05, 0) is 84.3 Å². The SMILES string of the molecule is O=C(CC1CCCCC1)c1ccc(OCc2ccccc2)cc1.O=C(c1ccc(OCc2ccccc2)cc1)C(Br)C1CCCCC1. The fourth-order valence-corrected chi connectivity index (χ4v) is 7.30. The van der Waals surface area contributed by atoms with E-state index in [1.807, 2.05) is 109 Å². The number of ether oxygens (including phenoxy) is 2. The minimum absolute atomic E-state index is 0.0612. The quantitative estimate of drug-likeness (QED) is 0.109. The summed E-state index contributed by atoms with van der Waals surface area (Å²) in [4.78, 5) is 24.9. The van der Waals surface area contributed by atoms with Crippen LogP contribution in [0.3, 0.4) is 0 Å². The second-order valence-corrected chi connectivity index (χ2v) is 13.9. The Balaban J connectivity index is 0.000000185. The third-order valence-corrected chi connectivity index (χ3v) is 10.5. The van der Waals surface area contributed by atoms with Gasteiger partial charge < -0.3 is 9.47 Å². The number of hydrogen-bond donors (Lipinski definition) is 0. The van der Waals surface area contributed by atoms with Crippen LogP contribution >= 0.6 is 15.9 Å². The Labute approximate surface area is 289 Å². The number of ketones is 2. The van der Waals surface area contributed by atoms with Gasteiger partial charge in [-0.1, -0.05) is 128 Å². The molecule has 0 radical (unpaired) electrons. The molecule has 0 spiro atoms. The van der Waals surface area contributed by atoms with E-state index < -0.39 is 0 Å². The summed E-state index contributed by atoms with van der Waals surface area (Å²) in [5.41, 5.74) is 3.84. The molecule has 0 N–H and O–H groups in total. The summed E-state index contributed by atoms with van der Waals surface area (Å²) in [7, 11) is 0. The minimum atomic E-state index is -0.0612. The summed E-state index contributed by atoms with van der Waals surface area (Å²) in [6.45, 7) is 1.09. The number of carbonyl (C=O) groups excluding carboxylic acids is 2. The Bertz CT molecular complexity index is 1490. The van der Waals surface area contributed by atoms with Crippen molar-refractivity contribution in [3.8, 4) is 11.5 Å². The highest BCUT2D eigenvalue weighted by molar-refractivity contribution is 9.10. The van der Waals surface area contributed by atoms with Gasteiger partial charge in [-0.3, -0.25) is 9.59 Å². The van der Waals surface area contributed by atoms with E-state index in [2.05, 4.69) is 15.9 Å². The lowest BCUT2D eigenvalue weighted by atomic mass is 9.84. The average Bonchev–Trinajstić information content (AvgIpc) is 3.15. The molecule has 5 heteroatoms. The summed E-state index contributed by atoms with van der Waals surface area (Å²) in [6.07, 6.45) is 13.1. The molecule has 2 saturated carbocycles. The van der Waals surface area contributed by atoms with Crippen LogP contribution in [0.1, 0.15) is 102 Å². The van der Waals surface area contributed by atoms with E-state index in [1.54, 1.807) is 0 Å². The highest BCUT2D eigenvalue weighted by Crippen LogP contribution is 2.32. The minimum Gasteiger partial charge on any atom is -0.489 e. The van der Waals surface area contributed by atoms with E-state index in [9.17, 15) is 9.59 Å². The van der Waals surface area contributed by atoms with Gasteiger partial charge in [0.15, 0.2) is 11.6 Å². The maximum absolute atomic E-state index is 12.6. The zero-order chi connectivity index (χ0) is 32.7. The van der Waals surface area contributed by atoms with Crippen molar-refractivity contribution in [3.63, 3.8) is 0 Å². The average molecular weight is 696 g/mol. The Morgan fingerprint density at radius 2 is 1.02 bits per heavy atom. The van der Waals surface area contributed by atoms with Crippen molar-refractivity contribution in [1.29, 1.82) is 0 Å². The molecule has 0 bridgehead atoms. The van der Waals surface area contributed by atoms with Crippen LogP contribution in [0.2, 0.25) is 0 Å². The topological polar surface area (TPSA) is 52.6 Å². The largest absolute Gasteiger partial charge is 0.489 e. The molecule has 0 heterocycles. The van der Waals surface area contributed by atoms with E-state index in [0.29, 0.717) is 31.5 Å². The summed E-state index contributed by atoms with van der Waals surface area (Å²) < 4.78 is 11.5. The monoisotopic (exact) mass is 694 g/mol. The fourth-order valence-electron chi connectivity index (χ4n) is 6.51. The van der Waals surface area contributed by atoms with Crippen LogP contribution in [0.25, 0.3) is 0 Å². The predicted molar refractivity (Wildman–Crippen MR) is 194 cm³/mol. The Morgan fingerprint density at radius 1 is 0.574 bits per heavy atom. The molecule has 1 atom stereocenters. The van der Waals surface area contributed by atoms with Gasteiger partial charge in [0, 0.05) is 17.5 Å². The van der Waals surface area contributed by atoms with Gasteiger partial charge in [0.1, 0.15) is 24.7 Å². The van der Waals surface area contributed by atoms with Gasteiger partial charge >= 0.3 is 0 Å². The van der Waals surface area contributed by atoms with Crippen molar-refractivity contribution in [3.05, 3.63) is 131 Å². The summed E-state index contributed by atoms with van der Waals surface area (Å²) in [5.74, 6) is 3.12. The second-order valence-electron chi connectivity index (χ2n) is 12.9. The lowest BCUT2D eigenvalue weighted by molar-refractivity contribution is 0.0946. The van der Waals surface area contributed by atoms with Crippen LogP contribution in [0.4, 0.5) is 0 Å². The molecular weight excluding hydrogens is 648 g/mol. The van der Waals surface area contributed by atoms with Crippen molar-refractivity contribution < 1.29 is 19.1 Å². The van der Waals surface area contributed by atoms with Gasteiger partial charge in [0.25, 0.3) is 0 Å². The predicted octanol–water partition coefficient (Wildman–Crippen LogP) is 11.2. The molecular formula is C42H47BrO4. The smallest absolute Gasteiger partial charge is 0.176 e. The molecule has 4 aromatic rings. The standard InChI is InChI=1S/C21H23BrO2.C21H24O2/c22-20(17-9-5-2-6-10-17)21(23)18-11-13-19(14-12-18)24-15-16-7-3-1-4-8-16;22-21(15-17-7-3-1-4-8-17)19-11-13-20(14-12-19)23-16-18-9-5-2-6-10-18/h1,3-4,7-8,11-14,17,20H,2,5-6,9-10,15H2;2,5-6,9-14,17H,1,3-4,7-8,15-16H2. The number of hydrogen-bond acceptors (Lipinski definition) is 4. The highest BCUT2D eigenvalue weighted by Gasteiger charge is 2.27. The lowest BCUT2D eigenvalue weighted by Gasteiger charge is -2.25. The van der Waals surface area contributed by atoms with Crippen LogP contribution in [-0.4, -0.2) is 16.4 Å². The molecule has 6 rings (SSSR count). The Morgan fingerprint density at radius 3 is 1.51 bits per heavy atom. The normalized spacial score (nSPS) is 15.9. The zero-order valence-electron chi connectivity index (χ0n) is 27.3. The number of alkyl halides is 1. The first-order chi connectivity index (χ1) is 23.0. The third kappa shape index (κ3) is 11.2. The number of halogens is 1. The van der Waals surface area contributed by atoms with Gasteiger partial charge in [-0.25, -0.2) is 0 Å². The Hall–Kier alpha value is -3.70. The molecule has 47 heavy (non-hydrogen) atoms. The van der Waals surface area contributed by atoms with Gasteiger partial charge in [-0.15, -0.1) is 0 Å². The number of benzene rings is 4. The second kappa shape index (κ2) is 18.6. The third-order valence-electron chi connectivity index (χ3n) is 9.32. The van der Waals surface area contributed by atoms with Crippen molar-refractivity contribution in [2.24, 2.45) is 11.8 Å². The molecule has 246 valence electrons. The molecule has 2 aliphatic carbocycles. The van der Waals surface area contributed by atoms with Gasteiger partial charge in [-0.2, -0.15) is 0 Å². The molecule has 0 saturated heterocycles. The molecule has 0 aromatic heterocycles. The van der Waals surface area contributed by atoms with E-state index in [-0.39, 0.29) is 16.4 Å². The van der Waals surface area contributed by atoms with Crippen molar-refractivity contribution >= 4 is 27.5 Å².